The summed E-state index contributed by atoms with van der Waals surface area (Å²) in [6.45, 7) is 1.45. The Morgan fingerprint density at radius 3 is 2.69 bits per heavy atom. The average Bonchev–Trinajstić information content (AvgIpc) is 2.04. The van der Waals surface area contributed by atoms with Crippen LogP contribution in [0.15, 0.2) is 23.9 Å². The summed E-state index contributed by atoms with van der Waals surface area (Å²) in [6.07, 6.45) is 4.64. The molecule has 1 aliphatic carbocycles. The van der Waals surface area contributed by atoms with E-state index in [0.717, 1.165) is 0 Å². The fourth-order valence-corrected chi connectivity index (χ4v) is 1.30. The molecule has 1 unspecified atom stereocenters. The molecule has 0 aromatic rings. The Bertz CT molecular complexity index is 321. The highest BCUT2D eigenvalue weighted by Crippen LogP contribution is 2.30. The standard InChI is InChI=1S/C8H8BrNO3/c1-6(11)8(9)4-2-7(3-5-8)10(12)13/h2-4H,5H2,1H3. The number of nitrogens with zero attached hydrogens (tertiary/aromatic N) is 1. The normalized spacial score (nSPS) is 26.8. The van der Waals surface area contributed by atoms with Crippen LogP contribution in [-0.4, -0.2) is 15.0 Å². The van der Waals surface area contributed by atoms with E-state index < -0.39 is 9.25 Å². The van der Waals surface area contributed by atoms with Crippen LogP contribution >= 0.6 is 15.9 Å². The lowest BCUT2D eigenvalue weighted by molar-refractivity contribution is -0.419. The summed E-state index contributed by atoms with van der Waals surface area (Å²) in [4.78, 5) is 21.0. The summed E-state index contributed by atoms with van der Waals surface area (Å²) < 4.78 is -0.744. The van der Waals surface area contributed by atoms with Crippen molar-refractivity contribution in [2.75, 3.05) is 0 Å². The first-order chi connectivity index (χ1) is 5.96. The lowest BCUT2D eigenvalue weighted by Gasteiger charge is -2.20. The zero-order valence-electron chi connectivity index (χ0n) is 6.99. The molecule has 0 bridgehead atoms. The van der Waals surface area contributed by atoms with Crippen molar-refractivity contribution in [2.24, 2.45) is 0 Å². The quantitative estimate of drug-likeness (QED) is 0.424. The molecular weight excluding hydrogens is 238 g/mol. The molecule has 13 heavy (non-hydrogen) atoms. The van der Waals surface area contributed by atoms with Crippen LogP contribution in [0.2, 0.25) is 0 Å². The van der Waals surface area contributed by atoms with Crippen molar-refractivity contribution in [1.29, 1.82) is 0 Å². The van der Waals surface area contributed by atoms with Gasteiger partial charge in [0.05, 0.1) is 4.92 Å². The molecule has 0 radical (unpaired) electrons. The molecule has 0 aliphatic heterocycles. The number of alkyl halides is 1. The Morgan fingerprint density at radius 1 is 1.77 bits per heavy atom. The maximum absolute atomic E-state index is 11.1. The predicted octanol–water partition coefficient (Wildman–Crippen LogP) is 1.83. The van der Waals surface area contributed by atoms with Crippen molar-refractivity contribution in [1.82, 2.24) is 0 Å². The first kappa shape index (κ1) is 10.1. The summed E-state index contributed by atoms with van der Waals surface area (Å²) in [5.41, 5.74) is 0.0383. The molecule has 0 N–H and O–H groups in total. The molecule has 1 aliphatic rings. The molecule has 5 heteroatoms. The monoisotopic (exact) mass is 245 g/mol. The Morgan fingerprint density at radius 2 is 2.38 bits per heavy atom. The highest BCUT2D eigenvalue weighted by Gasteiger charge is 2.32. The molecule has 4 nitrogen and oxygen atoms in total. The zero-order valence-corrected chi connectivity index (χ0v) is 8.58. The maximum atomic E-state index is 11.1. The Kier molecular flexibility index (Phi) is 2.66. The van der Waals surface area contributed by atoms with Gasteiger partial charge in [-0.25, -0.2) is 0 Å². The Hall–Kier alpha value is -0.970. The van der Waals surface area contributed by atoms with E-state index in [4.69, 9.17) is 0 Å². The van der Waals surface area contributed by atoms with Gasteiger partial charge < -0.3 is 0 Å². The molecule has 1 rings (SSSR count). The van der Waals surface area contributed by atoms with Gasteiger partial charge in [0.2, 0.25) is 0 Å². The van der Waals surface area contributed by atoms with Crippen LogP contribution < -0.4 is 0 Å². The van der Waals surface area contributed by atoms with E-state index in [2.05, 4.69) is 15.9 Å². The molecule has 0 fully saturated rings. The van der Waals surface area contributed by atoms with Crippen LogP contribution in [0.25, 0.3) is 0 Å². The van der Waals surface area contributed by atoms with E-state index >= 15 is 0 Å². The molecule has 0 heterocycles. The van der Waals surface area contributed by atoms with Gasteiger partial charge in [-0.2, -0.15) is 0 Å². The van der Waals surface area contributed by atoms with Gasteiger partial charge in [0.25, 0.3) is 5.70 Å². The number of carbonyl (C=O) groups excluding carboxylic acids is 1. The minimum absolute atomic E-state index is 0.0383. The maximum Gasteiger partial charge on any atom is 0.265 e. The summed E-state index contributed by atoms with van der Waals surface area (Å²) in [5, 5.41) is 10.3. The molecular formula is C8H8BrNO3. The van der Waals surface area contributed by atoms with Crippen LogP contribution in [0.1, 0.15) is 13.3 Å². The van der Waals surface area contributed by atoms with Gasteiger partial charge in [-0.05, 0) is 19.4 Å². The van der Waals surface area contributed by atoms with Crippen LogP contribution in [0, 0.1) is 10.1 Å². The van der Waals surface area contributed by atoms with E-state index in [1.807, 2.05) is 0 Å². The third-order valence-corrected chi connectivity index (χ3v) is 3.07. The second kappa shape index (κ2) is 3.41. The van der Waals surface area contributed by atoms with Crippen molar-refractivity contribution in [3.63, 3.8) is 0 Å². The van der Waals surface area contributed by atoms with Gasteiger partial charge >= 0.3 is 0 Å². The molecule has 0 saturated carbocycles. The van der Waals surface area contributed by atoms with Crippen LogP contribution in [0.4, 0.5) is 0 Å². The van der Waals surface area contributed by atoms with E-state index in [-0.39, 0.29) is 11.5 Å². The minimum Gasteiger partial charge on any atom is -0.298 e. The largest absolute Gasteiger partial charge is 0.298 e. The highest BCUT2D eigenvalue weighted by molar-refractivity contribution is 9.10. The second-order valence-electron chi connectivity index (χ2n) is 2.84. The van der Waals surface area contributed by atoms with Crippen molar-refractivity contribution in [3.8, 4) is 0 Å². The smallest absolute Gasteiger partial charge is 0.265 e. The number of carbonyl (C=O) groups is 1. The van der Waals surface area contributed by atoms with Crippen molar-refractivity contribution >= 4 is 21.7 Å². The summed E-state index contributed by atoms with van der Waals surface area (Å²) in [7, 11) is 0. The number of hydrogen-bond donors (Lipinski definition) is 0. The highest BCUT2D eigenvalue weighted by atomic mass is 79.9. The molecule has 0 amide bonds. The van der Waals surface area contributed by atoms with Gasteiger partial charge in [-0.3, -0.25) is 14.9 Å². The zero-order chi connectivity index (χ0) is 10.1. The summed E-state index contributed by atoms with van der Waals surface area (Å²) in [6, 6.07) is 0. The topological polar surface area (TPSA) is 60.2 Å². The fourth-order valence-electron chi connectivity index (χ4n) is 1.00. The summed E-state index contributed by atoms with van der Waals surface area (Å²) >= 11 is 3.23. The third kappa shape index (κ3) is 2.03. The Balaban J connectivity index is 2.85. The summed E-state index contributed by atoms with van der Waals surface area (Å²) in [5.74, 6) is -0.0533. The Labute approximate surface area is 83.6 Å². The number of hydrogen-bond acceptors (Lipinski definition) is 3. The molecule has 0 spiro atoms. The number of ketones is 1. The number of Topliss-reactive ketones (excluding diaryl/α,β-unsaturated/α-hetero) is 1. The molecule has 0 aromatic carbocycles. The molecule has 0 saturated heterocycles. The predicted molar refractivity (Wildman–Crippen MR) is 51.2 cm³/mol. The van der Waals surface area contributed by atoms with Gasteiger partial charge in [-0.1, -0.05) is 22.0 Å². The number of halogens is 1. The lowest BCUT2D eigenvalue weighted by Crippen LogP contribution is -2.28. The van der Waals surface area contributed by atoms with Crippen LogP contribution in [0.3, 0.4) is 0 Å². The molecule has 1 atom stereocenters. The van der Waals surface area contributed by atoms with E-state index in [9.17, 15) is 14.9 Å². The first-order valence-corrected chi connectivity index (χ1v) is 4.49. The van der Waals surface area contributed by atoms with Crippen molar-refractivity contribution in [3.05, 3.63) is 34.0 Å². The average molecular weight is 246 g/mol. The van der Waals surface area contributed by atoms with Crippen LogP contribution in [-0.2, 0) is 4.79 Å². The second-order valence-corrected chi connectivity index (χ2v) is 4.26. The first-order valence-electron chi connectivity index (χ1n) is 3.69. The van der Waals surface area contributed by atoms with E-state index in [1.54, 1.807) is 0 Å². The van der Waals surface area contributed by atoms with Gasteiger partial charge in [0.15, 0.2) is 5.78 Å². The van der Waals surface area contributed by atoms with Crippen molar-refractivity contribution < 1.29 is 9.72 Å². The van der Waals surface area contributed by atoms with E-state index in [0.29, 0.717) is 6.42 Å². The van der Waals surface area contributed by atoms with Gasteiger partial charge in [-0.15, -0.1) is 0 Å². The fraction of sp³-hybridized carbons (Fsp3) is 0.375. The SMILES string of the molecule is CC(=O)C1(Br)C=CC([N+](=O)[O-])=CC1. The van der Waals surface area contributed by atoms with Crippen molar-refractivity contribution in [2.45, 2.75) is 17.7 Å². The van der Waals surface area contributed by atoms with Gasteiger partial charge in [0.1, 0.15) is 4.32 Å². The number of rotatable bonds is 2. The third-order valence-electron chi connectivity index (χ3n) is 1.92. The number of nitro groups is 1. The molecule has 0 aromatic heterocycles. The van der Waals surface area contributed by atoms with Crippen LogP contribution in [0.5, 0.6) is 0 Å². The van der Waals surface area contributed by atoms with E-state index in [1.165, 1.54) is 25.2 Å². The number of allylic oxidation sites excluding steroid dienone is 3. The lowest BCUT2D eigenvalue weighted by atomic mass is 9.96. The molecule has 70 valence electrons. The minimum atomic E-state index is -0.744. The van der Waals surface area contributed by atoms with Gasteiger partial charge in [0, 0.05) is 6.08 Å².